The Hall–Kier alpha value is -0.390. The van der Waals surface area contributed by atoms with Gasteiger partial charge in [-0.15, -0.1) is 0 Å². The van der Waals surface area contributed by atoms with E-state index in [0.29, 0.717) is 0 Å². The van der Waals surface area contributed by atoms with Crippen molar-refractivity contribution in [3.05, 3.63) is 16.4 Å². The molecular formula is C11H21BrN4. The van der Waals surface area contributed by atoms with E-state index in [1.807, 2.05) is 13.1 Å². The predicted molar refractivity (Wildman–Crippen MR) is 70.5 cm³/mol. The van der Waals surface area contributed by atoms with Crippen molar-refractivity contribution in [2.45, 2.75) is 32.4 Å². The fraction of sp³-hybridized carbons (Fsp3) is 0.727. The lowest BCUT2D eigenvalue weighted by molar-refractivity contribution is 0.368. The summed E-state index contributed by atoms with van der Waals surface area (Å²) in [6, 6.07) is 0.240. The first-order valence-corrected chi connectivity index (χ1v) is 6.40. The molecule has 5 heteroatoms. The van der Waals surface area contributed by atoms with E-state index in [0.717, 1.165) is 30.4 Å². The highest BCUT2D eigenvalue weighted by molar-refractivity contribution is 9.10. The molecule has 1 aromatic heterocycles. The maximum atomic E-state index is 5.78. The lowest BCUT2D eigenvalue weighted by Crippen LogP contribution is -2.21. The molecule has 0 saturated heterocycles. The second-order valence-corrected chi connectivity index (χ2v) is 5.34. The average molecular weight is 289 g/mol. The molecule has 1 aromatic rings. The summed E-state index contributed by atoms with van der Waals surface area (Å²) in [4.78, 5) is 2.16. The van der Waals surface area contributed by atoms with Gasteiger partial charge in [0, 0.05) is 12.6 Å². The Bertz CT molecular complexity index is 320. The lowest BCUT2D eigenvalue weighted by Gasteiger charge is -2.13. The van der Waals surface area contributed by atoms with Crippen LogP contribution in [0.4, 0.5) is 0 Å². The first-order chi connectivity index (χ1) is 7.50. The molecule has 1 unspecified atom stereocenters. The molecule has 4 nitrogen and oxygen atoms in total. The van der Waals surface area contributed by atoms with E-state index in [9.17, 15) is 0 Å². The van der Waals surface area contributed by atoms with E-state index in [-0.39, 0.29) is 6.04 Å². The van der Waals surface area contributed by atoms with Crippen LogP contribution in [-0.4, -0.2) is 41.4 Å². The highest BCUT2D eigenvalue weighted by atomic mass is 79.9. The van der Waals surface area contributed by atoms with Crippen LogP contribution in [0.15, 0.2) is 10.7 Å². The molecule has 0 aromatic carbocycles. The van der Waals surface area contributed by atoms with Crippen molar-refractivity contribution >= 4 is 15.9 Å². The van der Waals surface area contributed by atoms with Crippen LogP contribution in [0.5, 0.6) is 0 Å². The van der Waals surface area contributed by atoms with Crippen molar-refractivity contribution in [2.75, 3.05) is 20.6 Å². The fourth-order valence-electron chi connectivity index (χ4n) is 1.49. The smallest absolute Gasteiger partial charge is 0.0635 e. The summed E-state index contributed by atoms with van der Waals surface area (Å²) in [5.41, 5.74) is 7.03. The summed E-state index contributed by atoms with van der Waals surface area (Å²) in [6.45, 7) is 3.96. The molecule has 1 heterocycles. The lowest BCUT2D eigenvalue weighted by atomic mass is 10.1. The second-order valence-electron chi connectivity index (χ2n) is 4.48. The molecule has 16 heavy (non-hydrogen) atoms. The van der Waals surface area contributed by atoms with Crippen LogP contribution in [0.3, 0.4) is 0 Å². The van der Waals surface area contributed by atoms with E-state index in [1.54, 1.807) is 0 Å². The molecule has 1 atom stereocenters. The van der Waals surface area contributed by atoms with Crippen LogP contribution < -0.4 is 5.73 Å². The zero-order valence-corrected chi connectivity index (χ0v) is 11.9. The number of nitrogens with two attached hydrogens (primary N) is 1. The predicted octanol–water partition coefficient (Wildman–Crippen LogP) is 1.49. The Kier molecular flexibility index (Phi) is 5.44. The van der Waals surface area contributed by atoms with Gasteiger partial charge in [0.05, 0.1) is 22.9 Å². The highest BCUT2D eigenvalue weighted by Crippen LogP contribution is 2.18. The molecule has 0 saturated carbocycles. The number of halogens is 1. The normalized spacial score (nSPS) is 13.4. The van der Waals surface area contributed by atoms with Crippen molar-refractivity contribution in [3.8, 4) is 0 Å². The van der Waals surface area contributed by atoms with Crippen LogP contribution in [0.1, 0.15) is 19.0 Å². The van der Waals surface area contributed by atoms with Gasteiger partial charge in [-0.3, -0.25) is 4.68 Å². The topological polar surface area (TPSA) is 47.1 Å². The molecule has 0 fully saturated rings. The quantitative estimate of drug-likeness (QED) is 0.863. The van der Waals surface area contributed by atoms with Gasteiger partial charge in [-0.1, -0.05) is 0 Å². The van der Waals surface area contributed by atoms with Gasteiger partial charge in [-0.25, -0.2) is 0 Å². The number of nitrogens with zero attached hydrogens (tertiary/aromatic N) is 3. The molecule has 0 bridgehead atoms. The minimum atomic E-state index is 0.240. The number of rotatable bonds is 6. The summed E-state index contributed by atoms with van der Waals surface area (Å²) in [6.07, 6.45) is 3.84. The molecule has 0 radical (unpaired) electrons. The van der Waals surface area contributed by atoms with Gasteiger partial charge in [-0.2, -0.15) is 5.10 Å². The standard InChI is InChI=1S/C11H21BrN4/c1-9(13)4-5-11-10(12)8-14-16(11)7-6-15(2)3/h8-9H,4-7,13H2,1-3H3. The second kappa shape index (κ2) is 6.37. The minimum Gasteiger partial charge on any atom is -0.328 e. The van der Waals surface area contributed by atoms with Crippen LogP contribution in [0, 0.1) is 0 Å². The van der Waals surface area contributed by atoms with Crippen molar-refractivity contribution < 1.29 is 0 Å². The molecule has 0 amide bonds. The van der Waals surface area contributed by atoms with Crippen LogP contribution in [0.25, 0.3) is 0 Å². The average Bonchev–Trinajstić information content (AvgIpc) is 2.53. The van der Waals surface area contributed by atoms with E-state index < -0.39 is 0 Å². The summed E-state index contributed by atoms with van der Waals surface area (Å²) in [5.74, 6) is 0. The number of likely N-dealkylation sites (N-methyl/N-ethyl adjacent to an activating group) is 1. The molecule has 0 aliphatic rings. The summed E-state index contributed by atoms with van der Waals surface area (Å²) < 4.78 is 3.15. The van der Waals surface area contributed by atoms with Crippen molar-refractivity contribution in [3.63, 3.8) is 0 Å². The number of hydrogen-bond acceptors (Lipinski definition) is 3. The van der Waals surface area contributed by atoms with E-state index in [1.165, 1.54) is 5.69 Å². The van der Waals surface area contributed by atoms with Crippen molar-refractivity contribution in [1.29, 1.82) is 0 Å². The van der Waals surface area contributed by atoms with Crippen molar-refractivity contribution in [2.24, 2.45) is 5.73 Å². The summed E-state index contributed by atoms with van der Waals surface area (Å²) in [7, 11) is 4.14. The maximum Gasteiger partial charge on any atom is 0.0635 e. The largest absolute Gasteiger partial charge is 0.328 e. The third kappa shape index (κ3) is 4.23. The van der Waals surface area contributed by atoms with E-state index in [2.05, 4.69) is 44.7 Å². The third-order valence-electron chi connectivity index (χ3n) is 2.49. The Labute approximate surface area is 106 Å². The zero-order valence-electron chi connectivity index (χ0n) is 10.3. The van der Waals surface area contributed by atoms with Crippen molar-refractivity contribution in [1.82, 2.24) is 14.7 Å². The Balaban J connectivity index is 2.62. The van der Waals surface area contributed by atoms with Gasteiger partial charge >= 0.3 is 0 Å². The Morgan fingerprint density at radius 2 is 2.25 bits per heavy atom. The van der Waals surface area contributed by atoms with Gasteiger partial charge in [0.2, 0.25) is 0 Å². The van der Waals surface area contributed by atoms with Crippen LogP contribution >= 0.6 is 15.9 Å². The minimum absolute atomic E-state index is 0.240. The van der Waals surface area contributed by atoms with E-state index >= 15 is 0 Å². The molecule has 92 valence electrons. The SMILES string of the molecule is CC(N)CCc1c(Br)cnn1CCN(C)C. The number of hydrogen-bond donors (Lipinski definition) is 1. The molecule has 0 aliphatic heterocycles. The van der Waals surface area contributed by atoms with Gasteiger partial charge in [0.25, 0.3) is 0 Å². The fourth-order valence-corrected chi connectivity index (χ4v) is 1.98. The number of aromatic nitrogens is 2. The molecule has 1 rings (SSSR count). The Morgan fingerprint density at radius 3 is 2.81 bits per heavy atom. The molecular weight excluding hydrogens is 268 g/mol. The summed E-state index contributed by atoms with van der Waals surface area (Å²) in [5, 5.41) is 4.37. The first-order valence-electron chi connectivity index (χ1n) is 5.61. The van der Waals surface area contributed by atoms with Crippen LogP contribution in [0.2, 0.25) is 0 Å². The van der Waals surface area contributed by atoms with Gasteiger partial charge in [0.15, 0.2) is 0 Å². The Morgan fingerprint density at radius 1 is 1.56 bits per heavy atom. The van der Waals surface area contributed by atoms with Gasteiger partial charge in [0.1, 0.15) is 0 Å². The molecule has 2 N–H and O–H groups in total. The van der Waals surface area contributed by atoms with Crippen LogP contribution in [-0.2, 0) is 13.0 Å². The van der Waals surface area contributed by atoms with E-state index in [4.69, 9.17) is 5.73 Å². The zero-order chi connectivity index (χ0) is 12.1. The van der Waals surface area contributed by atoms with Gasteiger partial charge < -0.3 is 10.6 Å². The third-order valence-corrected chi connectivity index (χ3v) is 3.16. The monoisotopic (exact) mass is 288 g/mol. The highest BCUT2D eigenvalue weighted by Gasteiger charge is 2.09. The summed E-state index contributed by atoms with van der Waals surface area (Å²) >= 11 is 3.54. The van der Waals surface area contributed by atoms with Gasteiger partial charge in [-0.05, 0) is 49.8 Å². The first kappa shape index (κ1) is 13.7. The molecule has 0 aliphatic carbocycles. The molecule has 0 spiro atoms. The maximum absolute atomic E-state index is 5.78.